The predicted octanol–water partition coefficient (Wildman–Crippen LogP) is 5.91. The fourth-order valence-corrected chi connectivity index (χ4v) is 5.31. The van der Waals surface area contributed by atoms with Gasteiger partial charge in [0.05, 0.1) is 5.52 Å². The molecule has 0 unspecified atom stereocenters. The molecule has 1 saturated heterocycles. The predicted molar refractivity (Wildman–Crippen MR) is 164 cm³/mol. The first-order valence-corrected chi connectivity index (χ1v) is 14.3. The molecule has 8 nitrogen and oxygen atoms in total. The number of H-pyrrole nitrogens is 1. The lowest BCUT2D eigenvalue weighted by Crippen LogP contribution is -2.43. The molecule has 42 heavy (non-hydrogen) atoms. The first-order chi connectivity index (χ1) is 20.3. The van der Waals surface area contributed by atoms with Gasteiger partial charge in [-0.25, -0.2) is 4.98 Å². The van der Waals surface area contributed by atoms with Crippen LogP contribution in [0.25, 0.3) is 22.4 Å². The third kappa shape index (κ3) is 6.05. The van der Waals surface area contributed by atoms with E-state index in [2.05, 4.69) is 44.8 Å². The van der Waals surface area contributed by atoms with Gasteiger partial charge in [0, 0.05) is 56.5 Å². The number of rotatable bonds is 8. The first kappa shape index (κ1) is 27.6. The Morgan fingerprint density at radius 3 is 2.45 bits per heavy atom. The Morgan fingerprint density at radius 1 is 0.905 bits per heavy atom. The number of aryl methyl sites for hydroxylation is 2. The third-order valence-corrected chi connectivity index (χ3v) is 8.04. The van der Waals surface area contributed by atoms with E-state index in [0.717, 1.165) is 66.1 Å². The number of aromatic nitrogens is 3. The molecular weight excluding hydrogens is 526 g/mol. The van der Waals surface area contributed by atoms with Crippen molar-refractivity contribution in [3.05, 3.63) is 101 Å². The van der Waals surface area contributed by atoms with Crippen molar-refractivity contribution >= 4 is 16.8 Å². The van der Waals surface area contributed by atoms with Crippen molar-refractivity contribution < 1.29 is 14.6 Å². The standard InChI is InChI=1S/C34H35N5O3/c1-22-4-11-29(42-34-32-30(12-13-35-32)36-33(37-34)24-7-9-28(40)10-8-24)19-27(22)20-31(41)25-5-6-26(23(2)18-25)21-39-16-14-38(3)15-17-39/h4-13,18-19,35,40H,14-17,20-21H2,1-3H3. The number of aromatic amines is 1. The number of ether oxygens (including phenoxy) is 1. The normalized spacial score (nSPS) is 14.4. The van der Waals surface area contributed by atoms with Gasteiger partial charge in [0.2, 0.25) is 5.88 Å². The number of hydrogen-bond donors (Lipinski definition) is 2. The van der Waals surface area contributed by atoms with Gasteiger partial charge in [-0.15, -0.1) is 0 Å². The number of piperazine rings is 1. The smallest absolute Gasteiger partial charge is 0.247 e. The van der Waals surface area contributed by atoms with Crippen LogP contribution in [0.4, 0.5) is 0 Å². The topological polar surface area (TPSA) is 94.6 Å². The highest BCUT2D eigenvalue weighted by Crippen LogP contribution is 2.31. The minimum Gasteiger partial charge on any atom is -0.508 e. The molecule has 3 heterocycles. The van der Waals surface area contributed by atoms with Crippen molar-refractivity contribution in [2.24, 2.45) is 0 Å². The summed E-state index contributed by atoms with van der Waals surface area (Å²) in [5.41, 5.74) is 7.25. The van der Waals surface area contributed by atoms with Crippen molar-refractivity contribution in [3.8, 4) is 28.8 Å². The summed E-state index contributed by atoms with van der Waals surface area (Å²) in [6, 6.07) is 20.5. The molecule has 8 heteroatoms. The quantitative estimate of drug-likeness (QED) is 0.227. The van der Waals surface area contributed by atoms with Crippen molar-refractivity contribution in [3.63, 3.8) is 0 Å². The number of likely N-dealkylation sites (N-methyl/N-ethyl adjacent to an activating group) is 1. The summed E-state index contributed by atoms with van der Waals surface area (Å²) < 4.78 is 6.28. The summed E-state index contributed by atoms with van der Waals surface area (Å²) in [7, 11) is 2.17. The number of benzene rings is 3. The van der Waals surface area contributed by atoms with Gasteiger partial charge in [-0.3, -0.25) is 9.69 Å². The van der Waals surface area contributed by atoms with Gasteiger partial charge in [-0.1, -0.05) is 18.2 Å². The molecule has 2 aromatic heterocycles. The number of phenolic OH excluding ortho intramolecular Hbond substituents is 1. The number of nitrogens with one attached hydrogen (secondary N) is 1. The molecule has 2 N–H and O–H groups in total. The second-order valence-corrected chi connectivity index (χ2v) is 11.1. The second-order valence-electron chi connectivity index (χ2n) is 11.1. The van der Waals surface area contributed by atoms with E-state index in [0.29, 0.717) is 23.0 Å². The zero-order valence-electron chi connectivity index (χ0n) is 24.2. The number of nitrogens with zero attached hydrogens (tertiary/aromatic N) is 4. The lowest BCUT2D eigenvalue weighted by Gasteiger charge is -2.32. The van der Waals surface area contributed by atoms with Crippen molar-refractivity contribution in [1.29, 1.82) is 0 Å². The maximum absolute atomic E-state index is 13.4. The van der Waals surface area contributed by atoms with Crippen LogP contribution in [0, 0.1) is 13.8 Å². The summed E-state index contributed by atoms with van der Waals surface area (Å²) in [4.78, 5) is 30.7. The van der Waals surface area contributed by atoms with Crippen LogP contribution in [0.3, 0.4) is 0 Å². The molecular formula is C34H35N5O3. The number of Topliss-reactive ketones (excluding diaryl/α,β-unsaturated/α-hetero) is 1. The van der Waals surface area contributed by atoms with E-state index >= 15 is 0 Å². The molecule has 0 aliphatic carbocycles. The van der Waals surface area contributed by atoms with Gasteiger partial charge < -0.3 is 19.7 Å². The van der Waals surface area contributed by atoms with Crippen LogP contribution < -0.4 is 4.74 Å². The highest BCUT2D eigenvalue weighted by Gasteiger charge is 2.17. The number of carbonyl (C=O) groups excluding carboxylic acids is 1. The highest BCUT2D eigenvalue weighted by atomic mass is 16.5. The summed E-state index contributed by atoms with van der Waals surface area (Å²) >= 11 is 0. The van der Waals surface area contributed by atoms with Crippen LogP contribution in [-0.4, -0.2) is 68.9 Å². The van der Waals surface area contributed by atoms with E-state index in [1.807, 2.05) is 43.3 Å². The monoisotopic (exact) mass is 561 g/mol. The molecule has 0 bridgehead atoms. The van der Waals surface area contributed by atoms with Crippen LogP contribution in [0.1, 0.15) is 32.6 Å². The number of aromatic hydroxyl groups is 1. The van der Waals surface area contributed by atoms with Gasteiger partial charge >= 0.3 is 0 Å². The molecule has 0 atom stereocenters. The molecule has 0 radical (unpaired) electrons. The van der Waals surface area contributed by atoms with Gasteiger partial charge in [-0.05, 0) is 91.7 Å². The second kappa shape index (κ2) is 11.8. The van der Waals surface area contributed by atoms with Crippen molar-refractivity contribution in [1.82, 2.24) is 24.8 Å². The van der Waals surface area contributed by atoms with E-state index in [1.54, 1.807) is 30.5 Å². The van der Waals surface area contributed by atoms with E-state index < -0.39 is 0 Å². The number of hydrogen-bond acceptors (Lipinski definition) is 7. The van der Waals surface area contributed by atoms with E-state index in [1.165, 1.54) is 5.56 Å². The number of ketones is 1. The van der Waals surface area contributed by atoms with Crippen molar-refractivity contribution in [2.45, 2.75) is 26.8 Å². The molecule has 1 aliphatic heterocycles. The van der Waals surface area contributed by atoms with Crippen molar-refractivity contribution in [2.75, 3.05) is 33.2 Å². The van der Waals surface area contributed by atoms with E-state index in [4.69, 9.17) is 4.74 Å². The lowest BCUT2D eigenvalue weighted by molar-refractivity contribution is 0.0992. The first-order valence-electron chi connectivity index (χ1n) is 14.3. The Balaban J connectivity index is 1.20. The average Bonchev–Trinajstić information content (AvgIpc) is 3.46. The molecule has 0 spiro atoms. The molecule has 214 valence electrons. The molecule has 1 fully saturated rings. The molecule has 0 saturated carbocycles. The van der Waals surface area contributed by atoms with E-state index in [9.17, 15) is 9.90 Å². The van der Waals surface area contributed by atoms with Crippen LogP contribution in [0.5, 0.6) is 17.4 Å². The Morgan fingerprint density at radius 2 is 1.69 bits per heavy atom. The fourth-order valence-electron chi connectivity index (χ4n) is 5.31. The Bertz CT molecular complexity index is 1740. The summed E-state index contributed by atoms with van der Waals surface area (Å²) in [5.74, 6) is 1.73. The van der Waals surface area contributed by atoms with Gasteiger partial charge in [0.15, 0.2) is 11.6 Å². The number of fused-ring (bicyclic) bond motifs is 1. The SMILES string of the molecule is Cc1ccc(Oc2nc(-c3ccc(O)cc3)nc3cc[nH]c23)cc1CC(=O)c1ccc(CN2CCN(C)CC2)c(C)c1. The molecule has 6 rings (SSSR count). The average molecular weight is 562 g/mol. The summed E-state index contributed by atoms with van der Waals surface area (Å²) in [6.07, 6.45) is 2.07. The number of carbonyl (C=O) groups is 1. The molecule has 1 aliphatic rings. The number of phenols is 1. The maximum atomic E-state index is 13.4. The minimum absolute atomic E-state index is 0.0768. The van der Waals surface area contributed by atoms with Crippen LogP contribution >= 0.6 is 0 Å². The lowest BCUT2D eigenvalue weighted by atomic mass is 9.96. The van der Waals surface area contributed by atoms with Gasteiger partial charge in [-0.2, -0.15) is 4.98 Å². The minimum atomic E-state index is 0.0768. The van der Waals surface area contributed by atoms with Crippen LogP contribution in [0.15, 0.2) is 72.9 Å². The fraction of sp³-hybridized carbons (Fsp3) is 0.265. The molecule has 5 aromatic rings. The molecule has 0 amide bonds. The highest BCUT2D eigenvalue weighted by molar-refractivity contribution is 5.98. The Kier molecular flexibility index (Phi) is 7.73. The Labute approximate surface area is 245 Å². The Hall–Kier alpha value is -4.53. The summed E-state index contributed by atoms with van der Waals surface area (Å²) in [6.45, 7) is 9.33. The molecule has 3 aromatic carbocycles. The van der Waals surface area contributed by atoms with Gasteiger partial charge in [0.25, 0.3) is 0 Å². The third-order valence-electron chi connectivity index (χ3n) is 8.04. The van der Waals surface area contributed by atoms with E-state index in [-0.39, 0.29) is 18.0 Å². The zero-order chi connectivity index (χ0) is 29.2. The summed E-state index contributed by atoms with van der Waals surface area (Å²) in [5, 5.41) is 9.67. The van der Waals surface area contributed by atoms with Gasteiger partial charge in [0.1, 0.15) is 17.0 Å². The van der Waals surface area contributed by atoms with Crippen LogP contribution in [0.2, 0.25) is 0 Å². The van der Waals surface area contributed by atoms with Crippen LogP contribution in [-0.2, 0) is 13.0 Å². The maximum Gasteiger partial charge on any atom is 0.247 e. The largest absolute Gasteiger partial charge is 0.508 e. The zero-order valence-corrected chi connectivity index (χ0v) is 24.2.